The van der Waals surface area contributed by atoms with Crippen LogP contribution in [0, 0.1) is 5.92 Å². The lowest BCUT2D eigenvalue weighted by atomic mass is 9.98. The highest BCUT2D eigenvalue weighted by Crippen LogP contribution is 2.23. The van der Waals surface area contributed by atoms with Crippen molar-refractivity contribution in [1.29, 1.82) is 0 Å². The lowest BCUT2D eigenvalue weighted by Crippen LogP contribution is -2.60. The second kappa shape index (κ2) is 39.5. The van der Waals surface area contributed by atoms with Gasteiger partial charge in [0.1, 0.15) is 36.6 Å². The summed E-state index contributed by atoms with van der Waals surface area (Å²) < 4.78 is 11.1. The molecule has 0 bridgehead atoms. The first-order valence-electron chi connectivity index (χ1n) is 25.8. The van der Waals surface area contributed by atoms with Crippen LogP contribution in [0.3, 0.4) is 0 Å². The summed E-state index contributed by atoms with van der Waals surface area (Å²) in [6.07, 6.45) is 28.7. The molecule has 1 unspecified atom stereocenters. The topological polar surface area (TPSA) is 189 Å². The summed E-state index contributed by atoms with van der Waals surface area (Å²) in [7, 11) is 0. The number of hydrogen-bond acceptors (Lipinski definition) is 10. The summed E-state index contributed by atoms with van der Waals surface area (Å²) in [6, 6.07) is -1.16. The number of hydrogen-bond donors (Lipinski definition) is 8. The van der Waals surface area contributed by atoms with Crippen molar-refractivity contribution in [3.05, 3.63) is 0 Å². The Labute approximate surface area is 373 Å². The van der Waals surface area contributed by atoms with Crippen LogP contribution >= 0.6 is 0 Å². The van der Waals surface area contributed by atoms with Gasteiger partial charge in [-0.15, -0.1) is 0 Å². The lowest BCUT2D eigenvalue weighted by molar-refractivity contribution is -0.303. The molecule has 1 amide bonds. The molecule has 0 aromatic carbocycles. The molecule has 1 rings (SSSR count). The number of aliphatic hydroxyl groups is 7. The van der Waals surface area contributed by atoms with E-state index in [2.05, 4.69) is 26.1 Å². The fourth-order valence-corrected chi connectivity index (χ4v) is 8.54. The predicted molar refractivity (Wildman–Crippen MR) is 247 cm³/mol. The maximum absolute atomic E-state index is 13.1. The molecule has 1 aliphatic heterocycles. The Morgan fingerprint density at radius 1 is 0.557 bits per heavy atom. The summed E-state index contributed by atoms with van der Waals surface area (Å²) >= 11 is 0. The van der Waals surface area contributed by atoms with Gasteiger partial charge in [-0.2, -0.15) is 0 Å². The van der Waals surface area contributed by atoms with Crippen LogP contribution < -0.4 is 5.32 Å². The number of nitrogens with one attached hydrogen (secondary N) is 1. The number of carbonyl (C=O) groups is 1. The van der Waals surface area contributed by atoms with Gasteiger partial charge in [-0.3, -0.25) is 4.79 Å². The zero-order valence-corrected chi connectivity index (χ0v) is 39.6. The number of amides is 1. The molecule has 1 heterocycles. The van der Waals surface area contributed by atoms with Gasteiger partial charge in [0.2, 0.25) is 5.91 Å². The average Bonchev–Trinajstić information content (AvgIpc) is 3.26. The minimum Gasteiger partial charge on any atom is -0.394 e. The normalized spacial score (nSPS) is 21.9. The third-order valence-corrected chi connectivity index (χ3v) is 13.2. The fourth-order valence-electron chi connectivity index (χ4n) is 8.54. The van der Waals surface area contributed by atoms with Crippen molar-refractivity contribution in [2.75, 3.05) is 13.2 Å². The molecule has 0 aromatic rings. The second-order valence-electron chi connectivity index (χ2n) is 18.9. The molecule has 0 aliphatic carbocycles. The van der Waals surface area contributed by atoms with Crippen molar-refractivity contribution < 1.29 is 50.0 Å². The van der Waals surface area contributed by atoms with Crippen LogP contribution in [-0.4, -0.2) is 110 Å². The summed E-state index contributed by atoms with van der Waals surface area (Å²) in [5, 5.41) is 75.8. The Morgan fingerprint density at radius 3 is 1.36 bits per heavy atom. The molecule has 1 fully saturated rings. The van der Waals surface area contributed by atoms with E-state index in [-0.39, 0.29) is 6.42 Å². The zero-order chi connectivity index (χ0) is 44.9. The number of carbonyl (C=O) groups excluding carboxylic acids is 1. The van der Waals surface area contributed by atoms with E-state index in [1.54, 1.807) is 0 Å². The highest BCUT2D eigenvalue weighted by atomic mass is 16.7. The zero-order valence-electron chi connectivity index (χ0n) is 39.6. The van der Waals surface area contributed by atoms with Crippen LogP contribution in [0.5, 0.6) is 0 Å². The summed E-state index contributed by atoms with van der Waals surface area (Å²) in [4.78, 5) is 13.1. The van der Waals surface area contributed by atoms with Crippen LogP contribution in [0.4, 0.5) is 0 Å². The van der Waals surface area contributed by atoms with E-state index < -0.39 is 74.2 Å². The van der Waals surface area contributed by atoms with Gasteiger partial charge in [-0.1, -0.05) is 226 Å². The minimum atomic E-state index is -1.66. The monoisotopic (exact) mass is 874 g/mol. The highest BCUT2D eigenvalue weighted by Gasteiger charge is 2.44. The molecule has 11 nitrogen and oxygen atoms in total. The molecule has 0 aromatic heterocycles. The smallest absolute Gasteiger partial charge is 0.249 e. The largest absolute Gasteiger partial charge is 0.394 e. The van der Waals surface area contributed by atoms with Gasteiger partial charge in [0, 0.05) is 0 Å². The van der Waals surface area contributed by atoms with E-state index in [0.29, 0.717) is 19.3 Å². The van der Waals surface area contributed by atoms with Crippen LogP contribution in [0.25, 0.3) is 0 Å². The van der Waals surface area contributed by atoms with Gasteiger partial charge in [0.15, 0.2) is 6.29 Å². The van der Waals surface area contributed by atoms with Crippen molar-refractivity contribution in [1.82, 2.24) is 5.32 Å². The number of aliphatic hydroxyl groups excluding tert-OH is 7. The quantitative estimate of drug-likeness (QED) is 0.0274. The number of unbranched alkanes of at least 4 members (excludes halogenated alkanes) is 28. The van der Waals surface area contributed by atoms with Crippen molar-refractivity contribution in [3.63, 3.8) is 0 Å². The fraction of sp³-hybridized carbons (Fsp3) is 0.980. The Kier molecular flexibility index (Phi) is 37.6. The van der Waals surface area contributed by atoms with E-state index in [1.807, 2.05) is 0 Å². The Hall–Kier alpha value is -0.890. The molecule has 11 heteroatoms. The van der Waals surface area contributed by atoms with Gasteiger partial charge < -0.3 is 50.5 Å². The third kappa shape index (κ3) is 29.3. The molecule has 1 saturated heterocycles. The molecule has 0 saturated carbocycles. The molecule has 0 radical (unpaired) electrons. The number of ether oxygens (including phenoxy) is 2. The first-order chi connectivity index (χ1) is 29.6. The first kappa shape index (κ1) is 58.1. The molecule has 8 N–H and O–H groups in total. The highest BCUT2D eigenvalue weighted by molar-refractivity contribution is 5.80. The van der Waals surface area contributed by atoms with Crippen LogP contribution in [0.2, 0.25) is 0 Å². The second-order valence-corrected chi connectivity index (χ2v) is 18.9. The molecular weight excluding hydrogens is 775 g/mol. The van der Waals surface area contributed by atoms with E-state index >= 15 is 0 Å². The minimum absolute atomic E-state index is 0.266. The van der Waals surface area contributed by atoms with Crippen LogP contribution in [0.1, 0.15) is 239 Å². The van der Waals surface area contributed by atoms with Gasteiger partial charge in [0.05, 0.1) is 25.4 Å². The van der Waals surface area contributed by atoms with Crippen LogP contribution in [0.15, 0.2) is 0 Å². The molecule has 10 atom stereocenters. The van der Waals surface area contributed by atoms with E-state index in [4.69, 9.17) is 9.47 Å². The Balaban J connectivity index is 2.35. The summed E-state index contributed by atoms with van der Waals surface area (Å²) in [6.45, 7) is 5.79. The Bertz CT molecular complexity index is 975. The molecule has 61 heavy (non-hydrogen) atoms. The van der Waals surface area contributed by atoms with Gasteiger partial charge in [0.25, 0.3) is 0 Å². The summed E-state index contributed by atoms with van der Waals surface area (Å²) in [5.41, 5.74) is 0. The first-order valence-corrected chi connectivity index (χ1v) is 25.8. The Morgan fingerprint density at radius 2 is 0.951 bits per heavy atom. The van der Waals surface area contributed by atoms with Crippen molar-refractivity contribution in [2.45, 2.75) is 294 Å². The van der Waals surface area contributed by atoms with Crippen molar-refractivity contribution in [3.8, 4) is 0 Å². The average molecular weight is 874 g/mol. The maximum atomic E-state index is 13.1. The van der Waals surface area contributed by atoms with Gasteiger partial charge in [-0.25, -0.2) is 0 Å². The summed E-state index contributed by atoms with van der Waals surface area (Å²) in [5.74, 6) is 0.122. The number of rotatable bonds is 43. The third-order valence-electron chi connectivity index (χ3n) is 13.2. The molecule has 364 valence electrons. The van der Waals surface area contributed by atoms with E-state index in [9.17, 15) is 40.5 Å². The van der Waals surface area contributed by atoms with Gasteiger partial charge in [-0.05, 0) is 18.8 Å². The standard InChI is InChI=1S/C50H99NO10/c1-4-6-7-8-9-10-11-12-13-14-15-16-17-18-19-20-21-24-28-31-34-37-43(54)49(59)51-41(39-60-50-48(58)47(57)46(56)44(38-52)61-50)45(55)42(53)36-33-30-27-25-22-23-26-29-32-35-40(3)5-2/h40-48,50,52-58H,4-39H2,1-3H3,(H,51,59)/t40?,41-,42+,43+,44+,45-,46-,47-,48+,50-/m0/s1. The molecule has 0 spiro atoms. The van der Waals surface area contributed by atoms with E-state index in [1.165, 1.54) is 154 Å². The van der Waals surface area contributed by atoms with E-state index in [0.717, 1.165) is 44.4 Å². The van der Waals surface area contributed by atoms with Crippen LogP contribution in [-0.2, 0) is 14.3 Å². The predicted octanol–water partition coefficient (Wildman–Crippen LogP) is 9.31. The molecular formula is C50H99NO10. The molecule has 1 aliphatic rings. The van der Waals surface area contributed by atoms with Crippen molar-refractivity contribution in [2.24, 2.45) is 5.92 Å². The SMILES string of the molecule is CCCCCCCCCCCCCCCCCCCCCCC[C@@H](O)C(=O)N[C@@H](CO[C@H]1O[C@H](CO)[C@H](O)[C@H](O)[C@H]1O)[C@H](O)[C@H](O)CCCCCCCCCCCC(C)CC. The van der Waals surface area contributed by atoms with Crippen molar-refractivity contribution >= 4 is 5.91 Å². The lowest BCUT2D eigenvalue weighted by Gasteiger charge is -2.40. The van der Waals surface area contributed by atoms with Gasteiger partial charge >= 0.3 is 0 Å². The maximum Gasteiger partial charge on any atom is 0.249 e.